The minimum absolute atomic E-state index is 0.0157. The van der Waals surface area contributed by atoms with Gasteiger partial charge < -0.3 is 9.84 Å². The van der Waals surface area contributed by atoms with Crippen molar-refractivity contribution in [2.45, 2.75) is 43.1 Å². The van der Waals surface area contributed by atoms with E-state index in [4.69, 9.17) is 14.8 Å². The lowest BCUT2D eigenvalue weighted by Crippen LogP contribution is -2.45. The maximum Gasteiger partial charge on any atom is 0.257 e. The molecule has 2 atom stereocenters. The van der Waals surface area contributed by atoms with Gasteiger partial charge in [-0.15, -0.1) is 0 Å². The molecule has 5 heteroatoms. The summed E-state index contributed by atoms with van der Waals surface area (Å²) in [5, 5.41) is 17.0. The van der Waals surface area contributed by atoms with Crippen molar-refractivity contribution in [3.63, 3.8) is 0 Å². The molecule has 1 heterocycles. The summed E-state index contributed by atoms with van der Waals surface area (Å²) in [5.41, 5.74) is 2.88. The SMILES string of the molecule is N#Cc1ccc(-c2nc(C3(CN[C@H]4C[C@@H]4c4ccccc4)CCC3)no2)cc1. The first kappa shape index (κ1) is 17.2. The second-order valence-electron chi connectivity index (χ2n) is 7.99. The van der Waals surface area contributed by atoms with Crippen molar-refractivity contribution in [1.29, 1.82) is 5.26 Å². The van der Waals surface area contributed by atoms with E-state index in [0.717, 1.165) is 30.8 Å². The molecule has 5 nitrogen and oxygen atoms in total. The summed E-state index contributed by atoms with van der Waals surface area (Å²) in [6, 6.07) is 20.7. The Hall–Kier alpha value is -2.97. The first-order valence-electron chi connectivity index (χ1n) is 9.90. The number of nitrogens with zero attached hydrogens (tertiary/aromatic N) is 3. The van der Waals surface area contributed by atoms with Crippen molar-refractivity contribution in [2.75, 3.05) is 6.54 Å². The lowest BCUT2D eigenvalue weighted by Gasteiger charge is -2.39. The number of hydrogen-bond acceptors (Lipinski definition) is 5. The molecular formula is C23H22N4O. The summed E-state index contributed by atoms with van der Waals surface area (Å²) in [5.74, 6) is 1.96. The Bertz CT molecular complexity index is 999. The average molecular weight is 370 g/mol. The predicted molar refractivity (Wildman–Crippen MR) is 106 cm³/mol. The van der Waals surface area contributed by atoms with E-state index in [1.165, 1.54) is 18.4 Å². The maximum atomic E-state index is 8.94. The number of aromatic nitrogens is 2. The van der Waals surface area contributed by atoms with Crippen LogP contribution in [0.15, 0.2) is 59.1 Å². The lowest BCUT2D eigenvalue weighted by molar-refractivity contribution is 0.211. The highest BCUT2D eigenvalue weighted by atomic mass is 16.5. The standard InChI is InChI=1S/C23H22N4O/c24-14-16-7-9-18(10-8-16)21-26-22(27-28-21)23(11-4-12-23)15-25-20-13-19(20)17-5-2-1-3-6-17/h1-3,5-10,19-20,25H,4,11-13,15H2/t19-,20+/m1/s1. The van der Waals surface area contributed by atoms with Gasteiger partial charge in [-0.1, -0.05) is 41.9 Å². The second-order valence-corrected chi connectivity index (χ2v) is 7.99. The third-order valence-electron chi connectivity index (χ3n) is 6.19. The minimum atomic E-state index is -0.0157. The first-order chi connectivity index (χ1) is 13.8. The Balaban J connectivity index is 1.27. The van der Waals surface area contributed by atoms with Crippen LogP contribution < -0.4 is 5.32 Å². The molecule has 1 aromatic heterocycles. The van der Waals surface area contributed by atoms with Crippen LogP contribution in [0.1, 0.15) is 48.6 Å². The van der Waals surface area contributed by atoms with Gasteiger partial charge in [0.1, 0.15) is 0 Å². The Morgan fingerprint density at radius 3 is 2.57 bits per heavy atom. The van der Waals surface area contributed by atoms with Gasteiger partial charge in [-0.25, -0.2) is 0 Å². The number of rotatable bonds is 6. The molecule has 1 N–H and O–H groups in total. The third-order valence-corrected chi connectivity index (χ3v) is 6.19. The fraction of sp³-hybridized carbons (Fsp3) is 0.348. The summed E-state index contributed by atoms with van der Waals surface area (Å²) in [7, 11) is 0. The highest BCUT2D eigenvalue weighted by Gasteiger charge is 2.46. The first-order valence-corrected chi connectivity index (χ1v) is 9.90. The largest absolute Gasteiger partial charge is 0.334 e. The topological polar surface area (TPSA) is 74.7 Å². The second kappa shape index (κ2) is 6.88. The number of nitrogens with one attached hydrogen (secondary N) is 1. The van der Waals surface area contributed by atoms with Gasteiger partial charge >= 0.3 is 0 Å². The van der Waals surface area contributed by atoms with E-state index in [2.05, 4.69) is 46.9 Å². The van der Waals surface area contributed by atoms with E-state index in [1.807, 2.05) is 12.1 Å². The quantitative estimate of drug-likeness (QED) is 0.705. The Kier molecular flexibility index (Phi) is 4.22. The monoisotopic (exact) mass is 370 g/mol. The van der Waals surface area contributed by atoms with Crippen LogP contribution in [0.5, 0.6) is 0 Å². The molecule has 2 fully saturated rings. The summed E-state index contributed by atoms with van der Waals surface area (Å²) >= 11 is 0. The molecule has 0 unspecified atom stereocenters. The molecular weight excluding hydrogens is 348 g/mol. The molecule has 2 aliphatic carbocycles. The van der Waals surface area contributed by atoms with Crippen LogP contribution >= 0.6 is 0 Å². The Labute approximate surface area is 164 Å². The van der Waals surface area contributed by atoms with Crippen LogP contribution in [0.4, 0.5) is 0 Å². The van der Waals surface area contributed by atoms with E-state index < -0.39 is 0 Å². The van der Waals surface area contributed by atoms with Crippen LogP contribution in [0.25, 0.3) is 11.5 Å². The molecule has 140 valence electrons. The van der Waals surface area contributed by atoms with E-state index in [1.54, 1.807) is 12.1 Å². The van der Waals surface area contributed by atoms with Crippen LogP contribution in [0.2, 0.25) is 0 Å². The zero-order valence-corrected chi connectivity index (χ0v) is 15.6. The fourth-order valence-electron chi connectivity index (χ4n) is 4.14. The molecule has 0 spiro atoms. The molecule has 2 aliphatic rings. The molecule has 2 aromatic carbocycles. The van der Waals surface area contributed by atoms with Crippen molar-refractivity contribution < 1.29 is 4.52 Å². The minimum Gasteiger partial charge on any atom is -0.334 e. The Morgan fingerprint density at radius 1 is 1.11 bits per heavy atom. The van der Waals surface area contributed by atoms with Gasteiger partial charge in [0.2, 0.25) is 0 Å². The third kappa shape index (κ3) is 3.10. The summed E-state index contributed by atoms with van der Waals surface area (Å²) < 4.78 is 5.55. The van der Waals surface area contributed by atoms with Crippen molar-refractivity contribution >= 4 is 0 Å². The predicted octanol–water partition coefficient (Wildman–Crippen LogP) is 4.18. The van der Waals surface area contributed by atoms with Gasteiger partial charge in [0.25, 0.3) is 5.89 Å². The number of nitriles is 1. The van der Waals surface area contributed by atoms with Gasteiger partial charge in [0.15, 0.2) is 5.82 Å². The molecule has 3 aromatic rings. The molecule has 0 amide bonds. The maximum absolute atomic E-state index is 8.94. The van der Waals surface area contributed by atoms with Crippen LogP contribution in [-0.2, 0) is 5.41 Å². The zero-order chi connectivity index (χ0) is 19.0. The van der Waals surface area contributed by atoms with E-state index in [9.17, 15) is 0 Å². The summed E-state index contributed by atoms with van der Waals surface area (Å²) in [4.78, 5) is 4.71. The van der Waals surface area contributed by atoms with E-state index in [0.29, 0.717) is 23.4 Å². The molecule has 5 rings (SSSR count). The van der Waals surface area contributed by atoms with E-state index >= 15 is 0 Å². The molecule has 28 heavy (non-hydrogen) atoms. The number of hydrogen-bond donors (Lipinski definition) is 1. The highest BCUT2D eigenvalue weighted by Crippen LogP contribution is 2.45. The van der Waals surface area contributed by atoms with Gasteiger partial charge in [0, 0.05) is 29.5 Å². The zero-order valence-electron chi connectivity index (χ0n) is 15.6. The van der Waals surface area contributed by atoms with Gasteiger partial charge in [-0.2, -0.15) is 10.2 Å². The van der Waals surface area contributed by atoms with Crippen LogP contribution in [0, 0.1) is 11.3 Å². The molecule has 0 bridgehead atoms. The number of benzene rings is 2. The van der Waals surface area contributed by atoms with Crippen LogP contribution in [-0.4, -0.2) is 22.7 Å². The van der Waals surface area contributed by atoms with Gasteiger partial charge in [0.05, 0.1) is 11.6 Å². The normalized spacial score (nSPS) is 22.2. The van der Waals surface area contributed by atoms with E-state index in [-0.39, 0.29) is 5.41 Å². The lowest BCUT2D eigenvalue weighted by atomic mass is 9.68. The van der Waals surface area contributed by atoms with Gasteiger partial charge in [-0.3, -0.25) is 0 Å². The van der Waals surface area contributed by atoms with Crippen molar-refractivity contribution in [3.05, 3.63) is 71.5 Å². The van der Waals surface area contributed by atoms with Gasteiger partial charge in [-0.05, 0) is 49.1 Å². The Morgan fingerprint density at radius 2 is 1.89 bits per heavy atom. The molecule has 2 saturated carbocycles. The van der Waals surface area contributed by atoms with Crippen molar-refractivity contribution in [1.82, 2.24) is 15.5 Å². The summed E-state index contributed by atoms with van der Waals surface area (Å²) in [6.07, 6.45) is 4.59. The molecule has 0 saturated heterocycles. The van der Waals surface area contributed by atoms with Crippen molar-refractivity contribution in [3.8, 4) is 17.5 Å². The highest BCUT2D eigenvalue weighted by molar-refractivity contribution is 5.54. The molecule has 0 radical (unpaired) electrons. The molecule has 0 aliphatic heterocycles. The summed E-state index contributed by atoms with van der Waals surface area (Å²) in [6.45, 7) is 0.896. The fourth-order valence-corrected chi connectivity index (χ4v) is 4.14. The van der Waals surface area contributed by atoms with Crippen LogP contribution in [0.3, 0.4) is 0 Å². The van der Waals surface area contributed by atoms with Crippen molar-refractivity contribution in [2.24, 2.45) is 0 Å². The smallest absolute Gasteiger partial charge is 0.257 e. The average Bonchev–Trinajstić information content (AvgIpc) is 3.33.